The van der Waals surface area contributed by atoms with Crippen molar-refractivity contribution in [2.24, 2.45) is 17.3 Å². The molecular weight excluding hydrogens is 158 g/mol. The molecule has 0 aromatic rings. The van der Waals surface area contributed by atoms with Gasteiger partial charge in [0.25, 0.3) is 0 Å². The van der Waals surface area contributed by atoms with Gasteiger partial charge < -0.3 is 5.32 Å². The van der Waals surface area contributed by atoms with E-state index in [0.717, 1.165) is 11.8 Å². The Bertz CT molecular complexity index is 163. The fourth-order valence-electron chi connectivity index (χ4n) is 1.81. The van der Waals surface area contributed by atoms with E-state index in [4.69, 9.17) is 0 Å². The van der Waals surface area contributed by atoms with E-state index in [1.165, 1.54) is 19.4 Å². The van der Waals surface area contributed by atoms with E-state index in [0.29, 0.717) is 11.5 Å². The van der Waals surface area contributed by atoms with Crippen LogP contribution in [0.2, 0.25) is 0 Å². The van der Waals surface area contributed by atoms with E-state index < -0.39 is 0 Å². The van der Waals surface area contributed by atoms with Gasteiger partial charge >= 0.3 is 0 Å². The summed E-state index contributed by atoms with van der Waals surface area (Å²) in [5.74, 6) is 1.74. The van der Waals surface area contributed by atoms with Gasteiger partial charge in [0, 0.05) is 6.04 Å². The van der Waals surface area contributed by atoms with Gasteiger partial charge in [0.1, 0.15) is 0 Å². The summed E-state index contributed by atoms with van der Waals surface area (Å²) in [6.07, 6.45) is 2.69. The molecule has 3 atom stereocenters. The van der Waals surface area contributed by atoms with Crippen molar-refractivity contribution in [3.05, 3.63) is 0 Å². The Labute approximate surface area is 83.3 Å². The van der Waals surface area contributed by atoms with Crippen LogP contribution in [0.1, 0.15) is 47.5 Å². The summed E-state index contributed by atoms with van der Waals surface area (Å²) < 4.78 is 0. The van der Waals surface area contributed by atoms with Crippen molar-refractivity contribution in [3.8, 4) is 0 Å². The van der Waals surface area contributed by atoms with Crippen LogP contribution in [0.15, 0.2) is 0 Å². The highest BCUT2D eigenvalue weighted by atomic mass is 14.9. The highest BCUT2D eigenvalue weighted by Gasteiger charge is 2.44. The lowest BCUT2D eigenvalue weighted by Crippen LogP contribution is -2.33. The van der Waals surface area contributed by atoms with Crippen LogP contribution in [0.3, 0.4) is 0 Å². The highest BCUT2D eigenvalue weighted by Crippen LogP contribution is 2.51. The van der Waals surface area contributed by atoms with Gasteiger partial charge in [-0.1, -0.05) is 34.1 Å². The molecule has 1 aliphatic rings. The van der Waals surface area contributed by atoms with Gasteiger partial charge in [-0.2, -0.15) is 0 Å². The molecular formula is C12H25N. The lowest BCUT2D eigenvalue weighted by atomic mass is 10.0. The van der Waals surface area contributed by atoms with Crippen molar-refractivity contribution in [3.63, 3.8) is 0 Å². The minimum absolute atomic E-state index is 0.627. The van der Waals surface area contributed by atoms with Crippen LogP contribution < -0.4 is 5.32 Å². The summed E-state index contributed by atoms with van der Waals surface area (Å²) in [5, 5.41) is 3.65. The van der Waals surface area contributed by atoms with Gasteiger partial charge in [-0.15, -0.1) is 0 Å². The first-order chi connectivity index (χ1) is 5.97. The maximum absolute atomic E-state index is 3.65. The Morgan fingerprint density at radius 3 is 2.31 bits per heavy atom. The number of rotatable bonds is 5. The molecule has 1 saturated carbocycles. The van der Waals surface area contributed by atoms with Crippen LogP contribution in [0.5, 0.6) is 0 Å². The van der Waals surface area contributed by atoms with Gasteiger partial charge in [0.05, 0.1) is 0 Å². The van der Waals surface area contributed by atoms with Gasteiger partial charge in [-0.25, -0.2) is 0 Å². The number of hydrogen-bond acceptors (Lipinski definition) is 1. The molecule has 1 rings (SSSR count). The average molecular weight is 183 g/mol. The molecule has 78 valence electrons. The summed E-state index contributed by atoms with van der Waals surface area (Å²) in [6.45, 7) is 12.9. The molecule has 0 aliphatic heterocycles. The van der Waals surface area contributed by atoms with Gasteiger partial charge in [-0.3, -0.25) is 0 Å². The third-order valence-corrected chi connectivity index (χ3v) is 3.90. The number of nitrogens with one attached hydrogen (secondary N) is 1. The Hall–Kier alpha value is -0.0400. The first-order valence-electron chi connectivity index (χ1n) is 5.70. The van der Waals surface area contributed by atoms with Crippen molar-refractivity contribution >= 4 is 0 Å². The maximum Gasteiger partial charge on any atom is 0.00643 e. The maximum atomic E-state index is 3.65. The minimum Gasteiger partial charge on any atom is -0.314 e. The monoisotopic (exact) mass is 183 g/mol. The molecule has 1 N–H and O–H groups in total. The van der Waals surface area contributed by atoms with E-state index in [1.807, 2.05) is 0 Å². The van der Waals surface area contributed by atoms with Gasteiger partial charge in [0.2, 0.25) is 0 Å². The molecule has 0 heterocycles. The fourth-order valence-corrected chi connectivity index (χ4v) is 1.81. The zero-order chi connectivity index (χ0) is 10.1. The second-order valence-electron chi connectivity index (χ2n) is 5.47. The molecule has 1 fully saturated rings. The van der Waals surface area contributed by atoms with Crippen LogP contribution in [0.4, 0.5) is 0 Å². The lowest BCUT2D eigenvalue weighted by molar-refractivity contribution is 0.374. The van der Waals surface area contributed by atoms with Gasteiger partial charge in [0.15, 0.2) is 0 Å². The zero-order valence-corrected chi connectivity index (χ0v) is 9.85. The molecule has 1 heteroatoms. The third-order valence-electron chi connectivity index (χ3n) is 3.90. The molecule has 1 nitrogen and oxygen atoms in total. The summed E-state index contributed by atoms with van der Waals surface area (Å²) in [5.41, 5.74) is 0.627. The zero-order valence-electron chi connectivity index (χ0n) is 9.85. The van der Waals surface area contributed by atoms with Crippen LogP contribution >= 0.6 is 0 Å². The van der Waals surface area contributed by atoms with Crippen LogP contribution in [-0.4, -0.2) is 12.6 Å². The molecule has 0 aromatic carbocycles. The van der Waals surface area contributed by atoms with E-state index in [2.05, 4.69) is 39.9 Å². The molecule has 0 amide bonds. The predicted octanol–water partition coefficient (Wildman–Crippen LogP) is 3.06. The topological polar surface area (TPSA) is 12.0 Å². The first-order valence-corrected chi connectivity index (χ1v) is 5.70. The summed E-state index contributed by atoms with van der Waals surface area (Å²) in [6, 6.07) is 0.682. The third kappa shape index (κ3) is 2.98. The van der Waals surface area contributed by atoms with Crippen LogP contribution in [0, 0.1) is 17.3 Å². The smallest absolute Gasteiger partial charge is 0.00643 e. The van der Waals surface area contributed by atoms with Gasteiger partial charge in [-0.05, 0) is 37.1 Å². The Morgan fingerprint density at radius 2 is 1.92 bits per heavy atom. The summed E-state index contributed by atoms with van der Waals surface area (Å²) in [7, 11) is 0. The van der Waals surface area contributed by atoms with Crippen molar-refractivity contribution < 1.29 is 0 Å². The van der Waals surface area contributed by atoms with Crippen molar-refractivity contribution in [2.45, 2.75) is 53.5 Å². The molecule has 13 heavy (non-hydrogen) atoms. The highest BCUT2D eigenvalue weighted by molar-refractivity contribution is 4.96. The Balaban J connectivity index is 2.13. The van der Waals surface area contributed by atoms with E-state index >= 15 is 0 Å². The Morgan fingerprint density at radius 1 is 1.38 bits per heavy atom. The SMILES string of the molecule is CCC(C)C(C)NCC1CC1(C)C. The molecule has 1 aliphatic carbocycles. The van der Waals surface area contributed by atoms with Crippen molar-refractivity contribution in [1.82, 2.24) is 5.32 Å². The fraction of sp³-hybridized carbons (Fsp3) is 1.00. The van der Waals surface area contributed by atoms with Crippen molar-refractivity contribution in [2.75, 3.05) is 6.54 Å². The normalized spacial score (nSPS) is 29.8. The molecule has 3 unspecified atom stereocenters. The second-order valence-corrected chi connectivity index (χ2v) is 5.47. The number of hydrogen-bond donors (Lipinski definition) is 1. The van der Waals surface area contributed by atoms with Crippen LogP contribution in [0.25, 0.3) is 0 Å². The summed E-state index contributed by atoms with van der Waals surface area (Å²) >= 11 is 0. The largest absolute Gasteiger partial charge is 0.314 e. The van der Waals surface area contributed by atoms with Crippen LogP contribution in [-0.2, 0) is 0 Å². The second kappa shape index (κ2) is 4.00. The van der Waals surface area contributed by atoms with Crippen molar-refractivity contribution in [1.29, 1.82) is 0 Å². The standard InChI is InChI=1S/C12H25N/c1-6-9(2)10(3)13-8-11-7-12(11,4)5/h9-11,13H,6-8H2,1-5H3. The minimum atomic E-state index is 0.627. The quantitative estimate of drug-likeness (QED) is 0.691. The molecule has 0 spiro atoms. The first kappa shape index (κ1) is 11.0. The molecule has 0 bridgehead atoms. The van der Waals surface area contributed by atoms with E-state index in [-0.39, 0.29) is 0 Å². The lowest BCUT2D eigenvalue weighted by Gasteiger charge is -2.20. The summed E-state index contributed by atoms with van der Waals surface area (Å²) in [4.78, 5) is 0. The molecule has 0 aromatic heterocycles. The average Bonchev–Trinajstić information content (AvgIpc) is 2.68. The Kier molecular flexibility index (Phi) is 3.39. The van der Waals surface area contributed by atoms with E-state index in [9.17, 15) is 0 Å². The predicted molar refractivity (Wildman–Crippen MR) is 58.8 cm³/mol. The molecule has 0 saturated heterocycles. The van der Waals surface area contributed by atoms with E-state index in [1.54, 1.807) is 0 Å². The molecule has 0 radical (unpaired) electrons.